The third kappa shape index (κ3) is 7.52. The van der Waals surface area contributed by atoms with Crippen LogP contribution in [0.1, 0.15) is 12.0 Å². The Balaban J connectivity index is 2.13. The molecule has 1 atom stereocenters. The molecule has 1 unspecified atom stereocenters. The van der Waals surface area contributed by atoms with Crippen LogP contribution in [0.4, 0.5) is 0 Å². The van der Waals surface area contributed by atoms with Crippen molar-refractivity contribution in [3.8, 4) is 0 Å². The monoisotopic (exact) mass is 373 g/mol. The lowest BCUT2D eigenvalue weighted by molar-refractivity contribution is -0.108. The van der Waals surface area contributed by atoms with Crippen LogP contribution in [0.3, 0.4) is 0 Å². The SMILES string of the molecule is NC(C=O)C/C=N/NCN/N=C/c1ccc(I)cc1. The van der Waals surface area contributed by atoms with Gasteiger partial charge >= 0.3 is 0 Å². The molecule has 6 nitrogen and oxygen atoms in total. The Morgan fingerprint density at radius 2 is 1.95 bits per heavy atom. The molecular formula is C12H16IN5O. The molecule has 0 heterocycles. The first-order chi connectivity index (χ1) is 9.22. The second kappa shape index (κ2) is 9.45. The van der Waals surface area contributed by atoms with Gasteiger partial charge in [0.1, 0.15) is 13.0 Å². The molecule has 0 spiro atoms. The lowest BCUT2D eigenvalue weighted by Crippen LogP contribution is -2.24. The Labute approximate surface area is 125 Å². The number of carbonyl (C=O) groups is 1. The van der Waals surface area contributed by atoms with Gasteiger partial charge in [0.2, 0.25) is 0 Å². The number of nitrogens with one attached hydrogen (secondary N) is 2. The maximum Gasteiger partial charge on any atom is 0.137 e. The Kier molecular flexibility index (Phi) is 7.75. The molecule has 0 aliphatic carbocycles. The molecule has 4 N–H and O–H groups in total. The van der Waals surface area contributed by atoms with Crippen molar-refractivity contribution >= 4 is 41.3 Å². The van der Waals surface area contributed by atoms with E-state index < -0.39 is 6.04 Å². The number of rotatable bonds is 8. The van der Waals surface area contributed by atoms with E-state index in [9.17, 15) is 4.79 Å². The van der Waals surface area contributed by atoms with Crippen LogP contribution >= 0.6 is 22.6 Å². The van der Waals surface area contributed by atoms with Gasteiger partial charge in [0.05, 0.1) is 12.3 Å². The molecule has 0 aromatic heterocycles. The van der Waals surface area contributed by atoms with Gasteiger partial charge in [0.15, 0.2) is 0 Å². The van der Waals surface area contributed by atoms with Crippen LogP contribution in [0.15, 0.2) is 34.5 Å². The van der Waals surface area contributed by atoms with Crippen molar-refractivity contribution in [1.82, 2.24) is 10.9 Å². The largest absolute Gasteiger partial charge is 0.321 e. The summed E-state index contributed by atoms with van der Waals surface area (Å²) in [4.78, 5) is 10.2. The predicted molar refractivity (Wildman–Crippen MR) is 85.0 cm³/mol. The number of nitrogens with zero attached hydrogens (tertiary/aromatic N) is 2. The van der Waals surface area contributed by atoms with E-state index in [-0.39, 0.29) is 0 Å². The van der Waals surface area contributed by atoms with E-state index in [0.717, 1.165) is 5.56 Å². The number of carbonyl (C=O) groups excluding carboxylic acids is 1. The highest BCUT2D eigenvalue weighted by Crippen LogP contribution is 2.04. The summed E-state index contributed by atoms with van der Waals surface area (Å²) in [5.74, 6) is 0. The first-order valence-electron chi connectivity index (χ1n) is 5.69. The Morgan fingerprint density at radius 1 is 1.26 bits per heavy atom. The number of nitrogens with two attached hydrogens (primary N) is 1. The molecule has 0 aliphatic heterocycles. The van der Waals surface area contributed by atoms with Gasteiger partial charge in [-0.1, -0.05) is 12.1 Å². The van der Waals surface area contributed by atoms with Crippen molar-refractivity contribution in [3.05, 3.63) is 33.4 Å². The highest BCUT2D eigenvalue weighted by molar-refractivity contribution is 14.1. The normalized spacial score (nSPS) is 12.7. The summed E-state index contributed by atoms with van der Waals surface area (Å²) in [6.45, 7) is 0.397. The number of benzene rings is 1. The highest BCUT2D eigenvalue weighted by atomic mass is 127. The van der Waals surface area contributed by atoms with Crippen LogP contribution in [0.25, 0.3) is 0 Å². The smallest absolute Gasteiger partial charge is 0.137 e. The third-order valence-electron chi connectivity index (χ3n) is 2.07. The summed E-state index contributed by atoms with van der Waals surface area (Å²) in [5.41, 5.74) is 11.9. The Morgan fingerprint density at radius 3 is 2.63 bits per heavy atom. The Hall–Kier alpha value is -1.48. The molecule has 1 aromatic carbocycles. The predicted octanol–water partition coefficient (Wildman–Crippen LogP) is 0.664. The minimum absolute atomic E-state index is 0.397. The van der Waals surface area contributed by atoms with Crippen LogP contribution in [0.2, 0.25) is 0 Å². The first kappa shape index (κ1) is 15.6. The molecule has 19 heavy (non-hydrogen) atoms. The van der Waals surface area contributed by atoms with Crippen LogP contribution in [0, 0.1) is 3.57 Å². The maximum absolute atomic E-state index is 10.2. The second-order valence-electron chi connectivity index (χ2n) is 3.65. The maximum atomic E-state index is 10.2. The molecule has 102 valence electrons. The molecule has 0 radical (unpaired) electrons. The Bertz CT molecular complexity index is 432. The molecule has 0 bridgehead atoms. The third-order valence-corrected chi connectivity index (χ3v) is 2.79. The number of hydrogen-bond acceptors (Lipinski definition) is 6. The molecule has 0 amide bonds. The van der Waals surface area contributed by atoms with Gasteiger partial charge in [-0.15, -0.1) is 0 Å². The van der Waals surface area contributed by atoms with Gasteiger partial charge < -0.3 is 10.5 Å². The molecular weight excluding hydrogens is 357 g/mol. The van der Waals surface area contributed by atoms with Crippen molar-refractivity contribution in [1.29, 1.82) is 0 Å². The van der Waals surface area contributed by atoms with Gasteiger partial charge in [-0.05, 0) is 40.3 Å². The van der Waals surface area contributed by atoms with E-state index in [0.29, 0.717) is 19.4 Å². The molecule has 0 fully saturated rings. The van der Waals surface area contributed by atoms with Crippen LogP contribution in [0.5, 0.6) is 0 Å². The van der Waals surface area contributed by atoms with Crippen molar-refractivity contribution in [3.63, 3.8) is 0 Å². The number of hydrazone groups is 2. The summed E-state index contributed by atoms with van der Waals surface area (Å²) in [6, 6.07) is 7.51. The fraction of sp³-hybridized carbons (Fsp3) is 0.250. The topological polar surface area (TPSA) is 91.9 Å². The minimum Gasteiger partial charge on any atom is -0.321 e. The summed E-state index contributed by atoms with van der Waals surface area (Å²) in [6.07, 6.45) is 4.39. The first-order valence-corrected chi connectivity index (χ1v) is 6.77. The van der Waals surface area contributed by atoms with E-state index in [1.165, 1.54) is 3.57 Å². The molecule has 0 saturated heterocycles. The second-order valence-corrected chi connectivity index (χ2v) is 4.90. The van der Waals surface area contributed by atoms with Gasteiger partial charge in [0.25, 0.3) is 0 Å². The standard InChI is InChI=1S/C12H16IN5O/c13-11-3-1-10(2-4-11)7-16-18-9-17-15-6-5-12(14)8-19/h1-4,6-8,12,17-18H,5,9,14H2/b15-6+,16-7+. The van der Waals surface area contributed by atoms with E-state index in [2.05, 4.69) is 43.6 Å². The molecule has 1 aromatic rings. The van der Waals surface area contributed by atoms with Gasteiger partial charge in [-0.3, -0.25) is 10.9 Å². The van der Waals surface area contributed by atoms with Crippen molar-refractivity contribution in [2.24, 2.45) is 15.9 Å². The van der Waals surface area contributed by atoms with Crippen molar-refractivity contribution < 1.29 is 4.79 Å². The molecule has 0 aliphatic rings. The molecule has 0 saturated carbocycles. The zero-order chi connectivity index (χ0) is 13.9. The quantitative estimate of drug-likeness (QED) is 0.156. The van der Waals surface area contributed by atoms with Gasteiger partial charge in [0, 0.05) is 16.2 Å². The van der Waals surface area contributed by atoms with E-state index in [1.807, 2.05) is 24.3 Å². The highest BCUT2D eigenvalue weighted by Gasteiger charge is 1.94. The fourth-order valence-electron chi connectivity index (χ4n) is 1.09. The zero-order valence-electron chi connectivity index (χ0n) is 10.3. The van der Waals surface area contributed by atoms with Gasteiger partial charge in [-0.25, -0.2) is 0 Å². The van der Waals surface area contributed by atoms with E-state index in [1.54, 1.807) is 12.4 Å². The lowest BCUT2D eigenvalue weighted by Gasteiger charge is -2.00. The average molecular weight is 373 g/mol. The minimum atomic E-state index is -0.489. The lowest BCUT2D eigenvalue weighted by atomic mass is 10.2. The zero-order valence-corrected chi connectivity index (χ0v) is 12.4. The average Bonchev–Trinajstić information content (AvgIpc) is 2.43. The number of aldehydes is 1. The summed E-state index contributed by atoms with van der Waals surface area (Å²) < 4.78 is 1.19. The van der Waals surface area contributed by atoms with Gasteiger partial charge in [-0.2, -0.15) is 10.2 Å². The fourth-order valence-corrected chi connectivity index (χ4v) is 1.45. The van der Waals surface area contributed by atoms with Crippen LogP contribution in [-0.2, 0) is 4.79 Å². The van der Waals surface area contributed by atoms with Crippen LogP contribution in [-0.4, -0.2) is 31.4 Å². The summed E-state index contributed by atoms with van der Waals surface area (Å²) in [5, 5.41) is 7.89. The van der Waals surface area contributed by atoms with E-state index in [4.69, 9.17) is 5.73 Å². The van der Waals surface area contributed by atoms with Crippen molar-refractivity contribution in [2.45, 2.75) is 12.5 Å². The number of hydrogen-bond donors (Lipinski definition) is 3. The summed E-state index contributed by atoms with van der Waals surface area (Å²) in [7, 11) is 0. The summed E-state index contributed by atoms with van der Waals surface area (Å²) >= 11 is 2.25. The molecule has 1 rings (SSSR count). The van der Waals surface area contributed by atoms with Crippen LogP contribution < -0.4 is 16.6 Å². The van der Waals surface area contributed by atoms with E-state index >= 15 is 0 Å². The molecule has 7 heteroatoms. The number of halogens is 1. The van der Waals surface area contributed by atoms with Crippen molar-refractivity contribution in [2.75, 3.05) is 6.67 Å².